The summed E-state index contributed by atoms with van der Waals surface area (Å²) in [5.74, 6) is -0.755. The standard InChI is InChI=1S/C11H14FN3O2S/c1-8(9-4-6-10(12)7-5-9)14-11(13)15(2)18(3,16)17/h4-7,13H,1-3H3/b13-11?,14-8+. The van der Waals surface area contributed by atoms with Crippen LogP contribution in [0.25, 0.3) is 0 Å². The molecule has 0 amide bonds. The molecule has 0 fully saturated rings. The van der Waals surface area contributed by atoms with Crippen LogP contribution in [0.3, 0.4) is 0 Å². The highest BCUT2D eigenvalue weighted by Crippen LogP contribution is 2.05. The van der Waals surface area contributed by atoms with E-state index in [1.54, 1.807) is 6.92 Å². The molecular formula is C11H14FN3O2S. The Hall–Kier alpha value is -1.76. The minimum atomic E-state index is -3.49. The van der Waals surface area contributed by atoms with Crippen molar-refractivity contribution in [3.05, 3.63) is 35.6 Å². The highest BCUT2D eigenvalue weighted by atomic mass is 32.2. The average Bonchev–Trinajstić information content (AvgIpc) is 2.27. The van der Waals surface area contributed by atoms with Gasteiger partial charge in [-0.15, -0.1) is 0 Å². The van der Waals surface area contributed by atoms with Gasteiger partial charge in [-0.2, -0.15) is 0 Å². The van der Waals surface area contributed by atoms with Crippen LogP contribution in [0.5, 0.6) is 0 Å². The van der Waals surface area contributed by atoms with E-state index in [0.717, 1.165) is 10.6 Å². The number of nitrogens with zero attached hydrogens (tertiary/aromatic N) is 2. The summed E-state index contributed by atoms with van der Waals surface area (Å²) in [6.45, 7) is 1.62. The van der Waals surface area contributed by atoms with Gasteiger partial charge in [0.05, 0.1) is 6.26 Å². The van der Waals surface area contributed by atoms with Gasteiger partial charge in [0.1, 0.15) is 5.82 Å². The van der Waals surface area contributed by atoms with Gasteiger partial charge in [-0.05, 0) is 24.6 Å². The van der Waals surface area contributed by atoms with Gasteiger partial charge < -0.3 is 0 Å². The second kappa shape index (κ2) is 5.26. The fourth-order valence-electron chi connectivity index (χ4n) is 1.14. The van der Waals surface area contributed by atoms with E-state index < -0.39 is 10.0 Å². The maximum absolute atomic E-state index is 12.7. The number of rotatable bonds is 2. The molecule has 0 aliphatic carbocycles. The molecule has 0 saturated carbocycles. The molecule has 18 heavy (non-hydrogen) atoms. The molecule has 0 heterocycles. The van der Waals surface area contributed by atoms with E-state index in [1.165, 1.54) is 31.3 Å². The van der Waals surface area contributed by atoms with Crippen molar-refractivity contribution in [1.82, 2.24) is 4.31 Å². The Kier molecular flexibility index (Phi) is 4.18. The largest absolute Gasteiger partial charge is 0.266 e. The van der Waals surface area contributed by atoms with Crippen molar-refractivity contribution in [3.63, 3.8) is 0 Å². The van der Waals surface area contributed by atoms with Crippen LogP contribution in [0, 0.1) is 11.2 Å². The number of nitrogens with one attached hydrogen (secondary N) is 1. The van der Waals surface area contributed by atoms with Gasteiger partial charge >= 0.3 is 0 Å². The molecule has 0 spiro atoms. The molecule has 98 valence electrons. The molecule has 5 nitrogen and oxygen atoms in total. The topological polar surface area (TPSA) is 73.6 Å². The van der Waals surface area contributed by atoms with Crippen LogP contribution in [0.4, 0.5) is 4.39 Å². The Bertz CT molecular complexity index is 579. The maximum Gasteiger partial charge on any atom is 0.234 e. The minimum absolute atomic E-state index is 0.366. The highest BCUT2D eigenvalue weighted by Gasteiger charge is 2.14. The Morgan fingerprint density at radius 1 is 1.33 bits per heavy atom. The van der Waals surface area contributed by atoms with E-state index in [9.17, 15) is 12.8 Å². The van der Waals surface area contributed by atoms with Gasteiger partial charge in [0.25, 0.3) is 0 Å². The van der Waals surface area contributed by atoms with Crippen molar-refractivity contribution in [2.75, 3.05) is 13.3 Å². The van der Waals surface area contributed by atoms with Gasteiger partial charge in [-0.3, -0.25) is 5.41 Å². The Balaban J connectivity index is 2.97. The van der Waals surface area contributed by atoms with Crippen LogP contribution in [0.15, 0.2) is 29.3 Å². The fourth-order valence-corrected chi connectivity index (χ4v) is 1.50. The molecule has 7 heteroatoms. The molecule has 0 aliphatic heterocycles. The molecule has 0 bridgehead atoms. The van der Waals surface area contributed by atoms with Crippen molar-refractivity contribution < 1.29 is 12.8 Å². The molecule has 0 atom stereocenters. The smallest absolute Gasteiger partial charge is 0.234 e. The summed E-state index contributed by atoms with van der Waals surface area (Å²) in [4.78, 5) is 3.87. The number of aliphatic imine (C=N–C) groups is 1. The highest BCUT2D eigenvalue weighted by molar-refractivity contribution is 7.88. The number of sulfonamides is 1. The van der Waals surface area contributed by atoms with E-state index >= 15 is 0 Å². The monoisotopic (exact) mass is 271 g/mol. The van der Waals surface area contributed by atoms with Crippen molar-refractivity contribution >= 4 is 21.7 Å². The number of halogens is 1. The van der Waals surface area contributed by atoms with Crippen molar-refractivity contribution in [2.45, 2.75) is 6.92 Å². The Labute approximate surface area is 106 Å². The zero-order valence-corrected chi connectivity index (χ0v) is 11.1. The van der Waals surface area contributed by atoms with Gasteiger partial charge in [0.15, 0.2) is 0 Å². The van der Waals surface area contributed by atoms with Gasteiger partial charge in [-0.1, -0.05) is 12.1 Å². The number of benzene rings is 1. The summed E-state index contributed by atoms with van der Waals surface area (Å²) in [5.41, 5.74) is 1.07. The SMILES string of the molecule is C/C(=N\C(=N)N(C)S(C)(=O)=O)c1ccc(F)cc1. The van der Waals surface area contributed by atoms with E-state index in [4.69, 9.17) is 5.41 Å². The van der Waals surface area contributed by atoms with E-state index in [1.807, 2.05) is 0 Å². The fraction of sp³-hybridized carbons (Fsp3) is 0.273. The van der Waals surface area contributed by atoms with Crippen LogP contribution in [0.1, 0.15) is 12.5 Å². The quantitative estimate of drug-likeness (QED) is 0.653. The van der Waals surface area contributed by atoms with E-state index in [0.29, 0.717) is 11.3 Å². The average molecular weight is 271 g/mol. The predicted molar refractivity (Wildman–Crippen MR) is 68.9 cm³/mol. The molecule has 0 radical (unpaired) electrons. The maximum atomic E-state index is 12.7. The Morgan fingerprint density at radius 2 is 1.83 bits per heavy atom. The molecule has 1 N–H and O–H groups in total. The molecule has 1 aromatic rings. The van der Waals surface area contributed by atoms with Crippen molar-refractivity contribution in [2.24, 2.45) is 4.99 Å². The third-order valence-electron chi connectivity index (χ3n) is 2.33. The minimum Gasteiger partial charge on any atom is -0.266 e. The number of hydrogen-bond donors (Lipinski definition) is 1. The summed E-state index contributed by atoms with van der Waals surface area (Å²) in [7, 11) is -2.25. The normalized spacial score (nSPS) is 12.3. The molecule has 1 rings (SSSR count). The van der Waals surface area contributed by atoms with Gasteiger partial charge in [0, 0.05) is 12.8 Å². The molecule has 0 aliphatic rings. The third kappa shape index (κ3) is 3.63. The first-order valence-electron chi connectivity index (χ1n) is 5.05. The summed E-state index contributed by atoms with van der Waals surface area (Å²) >= 11 is 0. The lowest BCUT2D eigenvalue weighted by Gasteiger charge is -2.14. The molecular weight excluding hydrogens is 257 g/mol. The van der Waals surface area contributed by atoms with E-state index in [2.05, 4.69) is 4.99 Å². The van der Waals surface area contributed by atoms with Gasteiger partial charge in [0.2, 0.25) is 16.0 Å². The summed E-state index contributed by atoms with van der Waals surface area (Å²) in [5, 5.41) is 7.56. The lowest BCUT2D eigenvalue weighted by molar-refractivity contribution is 0.557. The second-order valence-corrected chi connectivity index (χ2v) is 5.77. The van der Waals surface area contributed by atoms with E-state index in [-0.39, 0.29) is 11.8 Å². The first-order chi connectivity index (χ1) is 8.21. The molecule has 0 aromatic heterocycles. The summed E-state index contributed by atoms with van der Waals surface area (Å²) in [6, 6.07) is 5.58. The summed E-state index contributed by atoms with van der Waals surface area (Å²) < 4.78 is 35.9. The predicted octanol–water partition coefficient (Wildman–Crippen LogP) is 1.46. The first-order valence-corrected chi connectivity index (χ1v) is 6.90. The Morgan fingerprint density at radius 3 is 2.28 bits per heavy atom. The molecule has 0 unspecified atom stereocenters. The zero-order chi connectivity index (χ0) is 13.9. The van der Waals surface area contributed by atoms with Crippen LogP contribution < -0.4 is 0 Å². The first kappa shape index (κ1) is 14.3. The lowest BCUT2D eigenvalue weighted by atomic mass is 10.1. The van der Waals surface area contributed by atoms with Crippen molar-refractivity contribution in [3.8, 4) is 0 Å². The number of guanidine groups is 1. The molecule has 1 aromatic carbocycles. The van der Waals surface area contributed by atoms with Crippen LogP contribution in [0.2, 0.25) is 0 Å². The van der Waals surface area contributed by atoms with Crippen LogP contribution in [-0.4, -0.2) is 37.7 Å². The number of hydrogen-bond acceptors (Lipinski definition) is 3. The van der Waals surface area contributed by atoms with Crippen LogP contribution in [-0.2, 0) is 10.0 Å². The van der Waals surface area contributed by atoms with Crippen LogP contribution >= 0.6 is 0 Å². The third-order valence-corrected chi connectivity index (χ3v) is 3.50. The van der Waals surface area contributed by atoms with Gasteiger partial charge in [-0.25, -0.2) is 22.1 Å². The zero-order valence-electron chi connectivity index (χ0n) is 10.3. The lowest BCUT2D eigenvalue weighted by Crippen LogP contribution is -2.31. The second-order valence-electron chi connectivity index (χ2n) is 3.76. The molecule has 0 saturated heterocycles. The van der Waals surface area contributed by atoms with Crippen molar-refractivity contribution in [1.29, 1.82) is 5.41 Å². The summed E-state index contributed by atoms with van der Waals surface area (Å²) in [6.07, 6.45) is 0.990.